The van der Waals surface area contributed by atoms with Crippen LogP contribution in [-0.4, -0.2) is 33.1 Å². The van der Waals surface area contributed by atoms with E-state index < -0.39 is 9.84 Å². The quantitative estimate of drug-likeness (QED) is 0.929. The molecule has 0 saturated carbocycles. The summed E-state index contributed by atoms with van der Waals surface area (Å²) in [5.41, 5.74) is 2.39. The summed E-state index contributed by atoms with van der Waals surface area (Å²) in [6.07, 6.45) is 2.39. The summed E-state index contributed by atoms with van der Waals surface area (Å²) in [6.45, 7) is 3.69. The second-order valence-electron chi connectivity index (χ2n) is 6.21. The molecule has 0 bridgehead atoms. The van der Waals surface area contributed by atoms with Gasteiger partial charge in [0, 0.05) is 23.2 Å². The van der Waals surface area contributed by atoms with E-state index >= 15 is 0 Å². The number of sulfone groups is 1. The van der Waals surface area contributed by atoms with Gasteiger partial charge in [0.25, 0.3) is 0 Å². The van der Waals surface area contributed by atoms with E-state index in [9.17, 15) is 8.42 Å². The van der Waals surface area contributed by atoms with Crippen molar-refractivity contribution in [1.82, 2.24) is 0 Å². The summed E-state index contributed by atoms with van der Waals surface area (Å²) in [5.74, 6) is 1.53. The Labute approximate surface area is 120 Å². The van der Waals surface area contributed by atoms with Crippen LogP contribution in [0.2, 0.25) is 0 Å². The molecule has 1 saturated heterocycles. The highest BCUT2D eigenvalue weighted by Gasteiger charge is 2.34. The summed E-state index contributed by atoms with van der Waals surface area (Å²) in [6, 6.07) is 6.08. The molecule has 0 aromatic heterocycles. The first kappa shape index (κ1) is 13.7. The predicted octanol–water partition coefficient (Wildman–Crippen LogP) is 2.25. The van der Waals surface area contributed by atoms with Crippen LogP contribution < -0.4 is 10.1 Å². The molecule has 1 N–H and O–H groups in total. The third-order valence-corrected chi connectivity index (χ3v) is 6.09. The smallest absolute Gasteiger partial charge is 0.150 e. The van der Waals surface area contributed by atoms with Gasteiger partial charge in [-0.25, -0.2) is 8.42 Å². The molecule has 0 aliphatic carbocycles. The maximum atomic E-state index is 11.5. The van der Waals surface area contributed by atoms with Crippen LogP contribution in [0.5, 0.6) is 5.75 Å². The molecule has 1 aromatic rings. The molecule has 110 valence electrons. The Morgan fingerprint density at radius 1 is 1.30 bits per heavy atom. The Bertz CT molecular complexity index is 596. The van der Waals surface area contributed by atoms with Crippen molar-refractivity contribution in [2.75, 3.05) is 30.0 Å². The lowest BCUT2D eigenvalue weighted by atomic mass is 9.85. The molecule has 4 nitrogen and oxygen atoms in total. The van der Waals surface area contributed by atoms with Gasteiger partial charge in [0.15, 0.2) is 0 Å². The molecule has 0 radical (unpaired) electrons. The van der Waals surface area contributed by atoms with Crippen molar-refractivity contribution in [2.24, 2.45) is 5.41 Å². The van der Waals surface area contributed by atoms with E-state index in [1.54, 1.807) is 0 Å². The second-order valence-corrected chi connectivity index (χ2v) is 8.51. The van der Waals surface area contributed by atoms with Crippen molar-refractivity contribution in [1.29, 1.82) is 0 Å². The van der Waals surface area contributed by atoms with Crippen LogP contribution in [0.1, 0.15) is 25.3 Å². The van der Waals surface area contributed by atoms with Gasteiger partial charge >= 0.3 is 0 Å². The van der Waals surface area contributed by atoms with Crippen molar-refractivity contribution in [3.63, 3.8) is 0 Å². The minimum Gasteiger partial charge on any atom is -0.493 e. The highest BCUT2D eigenvalue weighted by molar-refractivity contribution is 7.91. The fraction of sp³-hybridized carbons (Fsp3) is 0.600. The van der Waals surface area contributed by atoms with Gasteiger partial charge in [-0.15, -0.1) is 0 Å². The van der Waals surface area contributed by atoms with Crippen LogP contribution >= 0.6 is 0 Å². The summed E-state index contributed by atoms with van der Waals surface area (Å²) in [5, 5.41) is 3.34. The topological polar surface area (TPSA) is 55.4 Å². The lowest BCUT2D eigenvalue weighted by Gasteiger charge is -2.33. The Morgan fingerprint density at radius 3 is 2.80 bits per heavy atom. The van der Waals surface area contributed by atoms with Crippen molar-refractivity contribution in [3.05, 3.63) is 23.8 Å². The highest BCUT2D eigenvalue weighted by atomic mass is 32.2. The zero-order chi connectivity index (χ0) is 14.2. The van der Waals surface area contributed by atoms with E-state index in [0.717, 1.165) is 18.7 Å². The van der Waals surface area contributed by atoms with Crippen LogP contribution in [0.4, 0.5) is 5.69 Å². The Kier molecular flexibility index (Phi) is 3.40. The minimum absolute atomic E-state index is 0.0277. The average Bonchev–Trinajstić information content (AvgIpc) is 2.89. The van der Waals surface area contributed by atoms with E-state index in [4.69, 9.17) is 4.74 Å². The Morgan fingerprint density at radius 2 is 2.05 bits per heavy atom. The molecule has 0 unspecified atom stereocenters. The van der Waals surface area contributed by atoms with Gasteiger partial charge in [-0.1, -0.05) is 13.0 Å². The lowest BCUT2D eigenvalue weighted by molar-refractivity contribution is 0.148. The molecular formula is C15H21NO3S. The molecule has 0 atom stereocenters. The fourth-order valence-electron chi connectivity index (χ4n) is 2.87. The SMILES string of the molecule is CC1(COc2cccc3c2CCN3)CCS(=O)(=O)CC1. The normalized spacial score (nSPS) is 22.9. The van der Waals surface area contributed by atoms with E-state index in [1.807, 2.05) is 12.1 Å². The number of ether oxygens (including phenoxy) is 1. The molecule has 2 heterocycles. The molecule has 1 aromatic carbocycles. The van der Waals surface area contributed by atoms with Gasteiger partial charge in [-0.3, -0.25) is 0 Å². The van der Waals surface area contributed by atoms with E-state index in [0.29, 0.717) is 31.0 Å². The molecule has 1 fully saturated rings. The lowest BCUT2D eigenvalue weighted by Crippen LogP contribution is -2.35. The van der Waals surface area contributed by atoms with E-state index in [2.05, 4.69) is 18.3 Å². The zero-order valence-electron chi connectivity index (χ0n) is 11.8. The molecule has 2 aliphatic rings. The molecule has 5 heteroatoms. The van der Waals surface area contributed by atoms with Crippen molar-refractivity contribution >= 4 is 15.5 Å². The highest BCUT2D eigenvalue weighted by Crippen LogP contribution is 2.35. The second kappa shape index (κ2) is 4.95. The number of rotatable bonds is 3. The minimum atomic E-state index is -2.81. The third kappa shape index (κ3) is 2.77. The number of fused-ring (bicyclic) bond motifs is 1. The van der Waals surface area contributed by atoms with Gasteiger partial charge in [0.1, 0.15) is 15.6 Å². The first-order chi connectivity index (χ1) is 9.48. The number of hydrogen-bond donors (Lipinski definition) is 1. The summed E-state index contributed by atoms with van der Waals surface area (Å²) in [4.78, 5) is 0. The molecule has 0 spiro atoms. The number of hydrogen-bond acceptors (Lipinski definition) is 4. The number of benzene rings is 1. The van der Waals surface area contributed by atoms with Crippen LogP contribution in [0.25, 0.3) is 0 Å². The van der Waals surface area contributed by atoms with Crippen molar-refractivity contribution < 1.29 is 13.2 Å². The van der Waals surface area contributed by atoms with Gasteiger partial charge in [0.2, 0.25) is 0 Å². The molecular weight excluding hydrogens is 274 g/mol. The molecule has 2 aliphatic heterocycles. The fourth-order valence-corrected chi connectivity index (χ4v) is 4.69. The van der Waals surface area contributed by atoms with Gasteiger partial charge in [-0.2, -0.15) is 0 Å². The average molecular weight is 295 g/mol. The van der Waals surface area contributed by atoms with Gasteiger partial charge < -0.3 is 10.1 Å². The monoisotopic (exact) mass is 295 g/mol. The van der Waals surface area contributed by atoms with Crippen LogP contribution in [0.3, 0.4) is 0 Å². The maximum Gasteiger partial charge on any atom is 0.150 e. The third-order valence-electron chi connectivity index (χ3n) is 4.43. The van der Waals surface area contributed by atoms with Crippen molar-refractivity contribution in [3.8, 4) is 5.75 Å². The van der Waals surface area contributed by atoms with Gasteiger partial charge in [-0.05, 0) is 31.4 Å². The molecule has 20 heavy (non-hydrogen) atoms. The Hall–Kier alpha value is -1.23. The summed E-state index contributed by atoms with van der Waals surface area (Å²) in [7, 11) is -2.81. The van der Waals surface area contributed by atoms with E-state index in [1.165, 1.54) is 11.3 Å². The van der Waals surface area contributed by atoms with Crippen LogP contribution in [0.15, 0.2) is 18.2 Å². The molecule has 3 rings (SSSR count). The molecule has 0 amide bonds. The maximum absolute atomic E-state index is 11.5. The Balaban J connectivity index is 1.67. The van der Waals surface area contributed by atoms with Crippen LogP contribution in [-0.2, 0) is 16.3 Å². The zero-order valence-corrected chi connectivity index (χ0v) is 12.6. The first-order valence-corrected chi connectivity index (χ1v) is 8.99. The van der Waals surface area contributed by atoms with Crippen molar-refractivity contribution in [2.45, 2.75) is 26.2 Å². The van der Waals surface area contributed by atoms with E-state index in [-0.39, 0.29) is 5.41 Å². The standard InChI is InChI=1S/C15H21NO3S/c1-15(6-9-20(17,18)10-7-15)11-19-14-4-2-3-13-12(14)5-8-16-13/h2-4,16H,5-11H2,1H3. The largest absolute Gasteiger partial charge is 0.493 e. The first-order valence-electron chi connectivity index (χ1n) is 7.17. The number of nitrogens with one attached hydrogen (secondary N) is 1. The van der Waals surface area contributed by atoms with Crippen LogP contribution in [0, 0.1) is 5.41 Å². The number of anilines is 1. The summed E-state index contributed by atoms with van der Waals surface area (Å²) < 4.78 is 29.1. The predicted molar refractivity (Wildman–Crippen MR) is 80.1 cm³/mol. The van der Waals surface area contributed by atoms with Gasteiger partial charge in [0.05, 0.1) is 18.1 Å². The summed E-state index contributed by atoms with van der Waals surface area (Å²) >= 11 is 0.